The van der Waals surface area contributed by atoms with E-state index in [1.807, 2.05) is 6.07 Å². The van der Waals surface area contributed by atoms with Gasteiger partial charge in [0.2, 0.25) is 0 Å². The largest absolute Gasteiger partial charge is 0.382 e. The summed E-state index contributed by atoms with van der Waals surface area (Å²) in [5, 5.41) is 5.56. The van der Waals surface area contributed by atoms with Gasteiger partial charge in [-0.15, -0.1) is 0 Å². The Morgan fingerprint density at radius 1 is 1.13 bits per heavy atom. The molecule has 1 aliphatic heterocycles. The smallest absolute Gasteiger partial charge is 0.259 e. The number of hydrogen-bond acceptors (Lipinski definition) is 3. The van der Waals surface area contributed by atoms with Crippen molar-refractivity contribution in [3.63, 3.8) is 0 Å². The molecule has 4 nitrogen and oxygen atoms in total. The highest BCUT2D eigenvalue weighted by atomic mass is 16.2. The molecule has 0 bridgehead atoms. The normalized spacial score (nSPS) is 18.7. The molecule has 1 aromatic rings. The number of imide groups is 1. The van der Waals surface area contributed by atoms with Crippen LogP contribution in [0.25, 0.3) is 0 Å². The minimum absolute atomic E-state index is 0.297. The molecule has 0 atom stereocenters. The van der Waals surface area contributed by atoms with Crippen molar-refractivity contribution in [3.8, 4) is 0 Å². The SMILES string of the molecule is O=C1NC(=O)c2cc(NC3CC3)ccc21. The first-order valence-corrected chi connectivity index (χ1v) is 5.00. The van der Waals surface area contributed by atoms with Gasteiger partial charge in [0.05, 0.1) is 11.1 Å². The lowest BCUT2D eigenvalue weighted by atomic mass is 10.1. The van der Waals surface area contributed by atoms with E-state index in [0.717, 1.165) is 5.69 Å². The number of amides is 2. The molecule has 1 saturated carbocycles. The van der Waals surface area contributed by atoms with Gasteiger partial charge in [-0.05, 0) is 31.0 Å². The third kappa shape index (κ3) is 1.38. The number of benzene rings is 1. The molecule has 0 spiro atoms. The van der Waals surface area contributed by atoms with Gasteiger partial charge < -0.3 is 5.32 Å². The molecule has 0 saturated heterocycles. The Labute approximate surface area is 86.7 Å². The van der Waals surface area contributed by atoms with Gasteiger partial charge in [0.15, 0.2) is 0 Å². The topological polar surface area (TPSA) is 58.2 Å². The Kier molecular flexibility index (Phi) is 1.59. The maximum Gasteiger partial charge on any atom is 0.259 e. The predicted octanol–water partition coefficient (Wildman–Crippen LogP) is 1.14. The summed E-state index contributed by atoms with van der Waals surface area (Å²) in [7, 11) is 0. The molecule has 1 aliphatic carbocycles. The van der Waals surface area contributed by atoms with Crippen LogP contribution in [0.2, 0.25) is 0 Å². The van der Waals surface area contributed by atoms with E-state index in [9.17, 15) is 9.59 Å². The first-order chi connectivity index (χ1) is 7.24. The van der Waals surface area contributed by atoms with E-state index in [1.54, 1.807) is 12.1 Å². The van der Waals surface area contributed by atoms with Crippen molar-refractivity contribution in [1.29, 1.82) is 0 Å². The zero-order valence-corrected chi connectivity index (χ0v) is 8.04. The number of carbonyl (C=O) groups is 2. The van der Waals surface area contributed by atoms with Crippen molar-refractivity contribution < 1.29 is 9.59 Å². The molecule has 0 unspecified atom stereocenters. The summed E-state index contributed by atoms with van der Waals surface area (Å²) >= 11 is 0. The maximum atomic E-state index is 11.4. The number of nitrogens with one attached hydrogen (secondary N) is 2. The fraction of sp³-hybridized carbons (Fsp3) is 0.273. The molecule has 1 heterocycles. The summed E-state index contributed by atoms with van der Waals surface area (Å²) in [6.07, 6.45) is 2.37. The molecule has 15 heavy (non-hydrogen) atoms. The summed E-state index contributed by atoms with van der Waals surface area (Å²) in [4.78, 5) is 22.6. The average molecular weight is 202 g/mol. The van der Waals surface area contributed by atoms with Crippen LogP contribution in [-0.4, -0.2) is 17.9 Å². The minimum atomic E-state index is -0.298. The molecule has 0 radical (unpaired) electrons. The first kappa shape index (κ1) is 8.47. The minimum Gasteiger partial charge on any atom is -0.382 e. The summed E-state index contributed by atoms with van der Waals surface area (Å²) in [5.41, 5.74) is 1.87. The Balaban J connectivity index is 1.97. The second-order valence-electron chi connectivity index (χ2n) is 3.96. The predicted molar refractivity (Wildman–Crippen MR) is 54.9 cm³/mol. The molecule has 4 heteroatoms. The first-order valence-electron chi connectivity index (χ1n) is 5.00. The van der Waals surface area contributed by atoms with Gasteiger partial charge in [-0.3, -0.25) is 14.9 Å². The van der Waals surface area contributed by atoms with Crippen LogP contribution in [-0.2, 0) is 0 Å². The summed E-state index contributed by atoms with van der Waals surface area (Å²) < 4.78 is 0. The van der Waals surface area contributed by atoms with Gasteiger partial charge >= 0.3 is 0 Å². The maximum absolute atomic E-state index is 11.4. The quantitative estimate of drug-likeness (QED) is 0.707. The van der Waals surface area contributed by atoms with E-state index in [4.69, 9.17) is 0 Å². The third-order valence-corrected chi connectivity index (χ3v) is 2.68. The molecule has 1 fully saturated rings. The van der Waals surface area contributed by atoms with Gasteiger partial charge in [-0.2, -0.15) is 0 Å². The summed E-state index contributed by atoms with van der Waals surface area (Å²) in [5.74, 6) is -0.595. The van der Waals surface area contributed by atoms with Crippen molar-refractivity contribution >= 4 is 17.5 Å². The van der Waals surface area contributed by atoms with Crippen LogP contribution in [0, 0.1) is 0 Å². The van der Waals surface area contributed by atoms with Gasteiger partial charge in [-0.25, -0.2) is 0 Å². The number of rotatable bonds is 2. The Hall–Kier alpha value is -1.84. The van der Waals surface area contributed by atoms with E-state index in [0.29, 0.717) is 17.2 Å². The summed E-state index contributed by atoms with van der Waals surface area (Å²) in [6, 6.07) is 5.83. The van der Waals surface area contributed by atoms with Crippen LogP contribution < -0.4 is 10.6 Å². The van der Waals surface area contributed by atoms with E-state index in [2.05, 4.69) is 10.6 Å². The molecule has 0 aromatic heterocycles. The molecule has 2 amide bonds. The second kappa shape index (κ2) is 2.82. The lowest BCUT2D eigenvalue weighted by Crippen LogP contribution is -2.19. The Bertz CT molecular complexity index is 464. The lowest BCUT2D eigenvalue weighted by Gasteiger charge is -2.04. The van der Waals surface area contributed by atoms with Crippen molar-refractivity contribution in [2.75, 3.05) is 5.32 Å². The highest BCUT2D eigenvalue weighted by molar-refractivity contribution is 6.21. The van der Waals surface area contributed by atoms with Gasteiger partial charge in [-0.1, -0.05) is 0 Å². The number of fused-ring (bicyclic) bond motifs is 1. The number of hydrogen-bond donors (Lipinski definition) is 2. The van der Waals surface area contributed by atoms with Gasteiger partial charge in [0, 0.05) is 11.7 Å². The van der Waals surface area contributed by atoms with Crippen LogP contribution in [0.4, 0.5) is 5.69 Å². The molecule has 2 aliphatic rings. The van der Waals surface area contributed by atoms with Crippen LogP contribution in [0.1, 0.15) is 33.6 Å². The molecular formula is C11H10N2O2. The van der Waals surface area contributed by atoms with Crippen LogP contribution in [0.5, 0.6) is 0 Å². The van der Waals surface area contributed by atoms with Crippen molar-refractivity contribution in [1.82, 2.24) is 5.32 Å². The fourth-order valence-electron chi connectivity index (χ4n) is 1.72. The van der Waals surface area contributed by atoms with E-state index in [1.165, 1.54) is 12.8 Å². The summed E-state index contributed by atoms with van der Waals surface area (Å²) in [6.45, 7) is 0. The van der Waals surface area contributed by atoms with Crippen LogP contribution in [0.15, 0.2) is 18.2 Å². The van der Waals surface area contributed by atoms with Crippen molar-refractivity contribution in [2.24, 2.45) is 0 Å². The van der Waals surface area contributed by atoms with E-state index >= 15 is 0 Å². The molecule has 2 N–H and O–H groups in total. The second-order valence-corrected chi connectivity index (χ2v) is 3.96. The fourth-order valence-corrected chi connectivity index (χ4v) is 1.72. The zero-order chi connectivity index (χ0) is 10.4. The van der Waals surface area contributed by atoms with E-state index < -0.39 is 0 Å². The van der Waals surface area contributed by atoms with Crippen LogP contribution >= 0.6 is 0 Å². The lowest BCUT2D eigenvalue weighted by molar-refractivity contribution is 0.0879. The monoisotopic (exact) mass is 202 g/mol. The molecule has 3 rings (SSSR count). The van der Waals surface area contributed by atoms with Crippen molar-refractivity contribution in [2.45, 2.75) is 18.9 Å². The third-order valence-electron chi connectivity index (χ3n) is 2.68. The molecule has 76 valence electrons. The van der Waals surface area contributed by atoms with Crippen molar-refractivity contribution in [3.05, 3.63) is 29.3 Å². The number of carbonyl (C=O) groups excluding carboxylic acids is 2. The van der Waals surface area contributed by atoms with Gasteiger partial charge in [0.1, 0.15) is 0 Å². The molecular weight excluding hydrogens is 192 g/mol. The Morgan fingerprint density at radius 3 is 2.60 bits per heavy atom. The van der Waals surface area contributed by atoms with Crippen LogP contribution in [0.3, 0.4) is 0 Å². The average Bonchev–Trinajstić information content (AvgIpc) is 2.96. The standard InChI is InChI=1S/C11H10N2O2/c14-10-8-4-3-7(12-6-1-2-6)5-9(8)11(15)13-10/h3-6,12H,1-2H2,(H,13,14,15). The highest BCUT2D eigenvalue weighted by Gasteiger charge is 2.27. The van der Waals surface area contributed by atoms with E-state index in [-0.39, 0.29) is 11.8 Å². The Morgan fingerprint density at radius 2 is 1.87 bits per heavy atom. The van der Waals surface area contributed by atoms with Gasteiger partial charge in [0.25, 0.3) is 11.8 Å². The number of anilines is 1. The zero-order valence-electron chi connectivity index (χ0n) is 8.04. The molecule has 1 aromatic carbocycles. The highest BCUT2D eigenvalue weighted by Crippen LogP contribution is 2.27.